The predicted octanol–water partition coefficient (Wildman–Crippen LogP) is 2.68. The molecule has 2 rings (SSSR count). The Morgan fingerprint density at radius 3 is 2.24 bits per heavy atom. The molecule has 1 amide bonds. The number of hydrogen-bond donors (Lipinski definition) is 2. The van der Waals surface area contributed by atoms with Crippen molar-refractivity contribution in [3.63, 3.8) is 0 Å². The van der Waals surface area contributed by atoms with Gasteiger partial charge >= 0.3 is 0 Å². The lowest BCUT2D eigenvalue weighted by Crippen LogP contribution is -2.13. The van der Waals surface area contributed by atoms with E-state index in [-0.39, 0.29) is 5.69 Å². The summed E-state index contributed by atoms with van der Waals surface area (Å²) >= 11 is 0. The van der Waals surface area contributed by atoms with E-state index in [2.05, 4.69) is 5.32 Å². The number of amides is 1. The van der Waals surface area contributed by atoms with E-state index in [9.17, 15) is 9.18 Å². The minimum Gasteiger partial charge on any atom is -0.497 e. The molecule has 0 saturated carbocycles. The summed E-state index contributed by atoms with van der Waals surface area (Å²) < 4.78 is 23.2. The van der Waals surface area contributed by atoms with Gasteiger partial charge in [0.15, 0.2) is 0 Å². The van der Waals surface area contributed by atoms with Crippen LogP contribution >= 0.6 is 0 Å². The molecule has 0 saturated heterocycles. The van der Waals surface area contributed by atoms with Crippen LogP contribution in [0.2, 0.25) is 0 Å². The van der Waals surface area contributed by atoms with Gasteiger partial charge in [-0.2, -0.15) is 0 Å². The Kier molecular flexibility index (Phi) is 4.27. The maximum absolute atomic E-state index is 13.0. The second-order valence-corrected chi connectivity index (χ2v) is 4.29. The van der Waals surface area contributed by atoms with Gasteiger partial charge in [0.25, 0.3) is 5.91 Å². The summed E-state index contributed by atoms with van der Waals surface area (Å²) in [5, 5.41) is 2.61. The van der Waals surface area contributed by atoms with Crippen LogP contribution < -0.4 is 20.5 Å². The molecule has 0 aromatic heterocycles. The zero-order valence-corrected chi connectivity index (χ0v) is 11.6. The number of benzene rings is 2. The molecule has 0 aliphatic rings. The van der Waals surface area contributed by atoms with E-state index in [1.54, 1.807) is 18.2 Å². The van der Waals surface area contributed by atoms with Gasteiger partial charge in [0, 0.05) is 11.6 Å². The molecule has 3 N–H and O–H groups in total. The Bertz CT molecular complexity index is 652. The molecule has 0 heterocycles. The summed E-state index contributed by atoms with van der Waals surface area (Å²) in [7, 11) is 2.99. The van der Waals surface area contributed by atoms with Crippen molar-refractivity contribution >= 4 is 17.3 Å². The van der Waals surface area contributed by atoms with Gasteiger partial charge in [-0.05, 0) is 30.3 Å². The number of rotatable bonds is 4. The van der Waals surface area contributed by atoms with Crippen LogP contribution in [0.4, 0.5) is 15.8 Å². The molecule has 0 atom stereocenters. The van der Waals surface area contributed by atoms with Gasteiger partial charge in [0.1, 0.15) is 17.3 Å². The van der Waals surface area contributed by atoms with Crippen molar-refractivity contribution in [2.45, 2.75) is 0 Å². The summed E-state index contributed by atoms with van der Waals surface area (Å²) in [6.07, 6.45) is 0. The molecule has 2 aromatic rings. The van der Waals surface area contributed by atoms with Gasteiger partial charge in [-0.1, -0.05) is 0 Å². The molecule has 0 radical (unpaired) electrons. The Labute approximate surface area is 121 Å². The number of methoxy groups -OCH3 is 2. The van der Waals surface area contributed by atoms with E-state index in [1.807, 2.05) is 0 Å². The minimum atomic E-state index is -0.464. The first kappa shape index (κ1) is 14.6. The average molecular weight is 290 g/mol. The fourth-order valence-electron chi connectivity index (χ4n) is 1.78. The van der Waals surface area contributed by atoms with Crippen LogP contribution in [-0.2, 0) is 0 Å². The van der Waals surface area contributed by atoms with E-state index in [1.165, 1.54) is 26.4 Å². The topological polar surface area (TPSA) is 73.6 Å². The normalized spacial score (nSPS) is 10.0. The number of carbonyl (C=O) groups excluding carboxylic acids is 1. The Balaban J connectivity index is 2.27. The number of nitrogens with two attached hydrogens (primary N) is 1. The van der Waals surface area contributed by atoms with Crippen molar-refractivity contribution in [2.75, 3.05) is 25.3 Å². The number of nitrogen functional groups attached to an aromatic ring is 1. The first-order chi connectivity index (χ1) is 10.0. The summed E-state index contributed by atoms with van der Waals surface area (Å²) in [6.45, 7) is 0. The van der Waals surface area contributed by atoms with Crippen LogP contribution in [0, 0.1) is 5.82 Å². The monoisotopic (exact) mass is 290 g/mol. The summed E-state index contributed by atoms with van der Waals surface area (Å²) in [4.78, 5) is 12.2. The van der Waals surface area contributed by atoms with Crippen molar-refractivity contribution in [1.82, 2.24) is 0 Å². The van der Waals surface area contributed by atoms with Crippen molar-refractivity contribution in [1.29, 1.82) is 0 Å². The molecule has 21 heavy (non-hydrogen) atoms. The average Bonchev–Trinajstić information content (AvgIpc) is 2.49. The third-order valence-corrected chi connectivity index (χ3v) is 2.88. The lowest BCUT2D eigenvalue weighted by Gasteiger charge is -2.10. The van der Waals surface area contributed by atoms with Crippen molar-refractivity contribution in [3.05, 3.63) is 47.8 Å². The standard InChI is InChI=1S/C15H15FN2O3/c1-20-11-5-9(6-12(8-11)21-2)15(19)18-14-4-3-10(16)7-13(14)17/h3-8H,17H2,1-2H3,(H,18,19). The summed E-state index contributed by atoms with van der Waals surface area (Å²) in [6, 6.07) is 8.55. The summed E-state index contributed by atoms with van der Waals surface area (Å²) in [5.41, 5.74) is 6.49. The number of ether oxygens (including phenoxy) is 2. The van der Waals surface area contributed by atoms with Gasteiger partial charge < -0.3 is 20.5 Å². The van der Waals surface area contributed by atoms with E-state index >= 15 is 0 Å². The molecule has 6 heteroatoms. The molecule has 0 bridgehead atoms. The van der Waals surface area contributed by atoms with Crippen LogP contribution in [0.25, 0.3) is 0 Å². The van der Waals surface area contributed by atoms with Gasteiger partial charge in [-0.3, -0.25) is 4.79 Å². The highest BCUT2D eigenvalue weighted by molar-refractivity contribution is 6.06. The van der Waals surface area contributed by atoms with Crippen LogP contribution in [0.3, 0.4) is 0 Å². The fraction of sp³-hybridized carbons (Fsp3) is 0.133. The molecule has 2 aromatic carbocycles. The highest BCUT2D eigenvalue weighted by Gasteiger charge is 2.11. The lowest BCUT2D eigenvalue weighted by molar-refractivity contribution is 0.102. The fourth-order valence-corrected chi connectivity index (χ4v) is 1.78. The molecule has 5 nitrogen and oxygen atoms in total. The number of hydrogen-bond acceptors (Lipinski definition) is 4. The van der Waals surface area contributed by atoms with Crippen LogP contribution in [0.5, 0.6) is 11.5 Å². The number of anilines is 2. The molecule has 0 unspecified atom stereocenters. The van der Waals surface area contributed by atoms with Gasteiger partial charge in [0.05, 0.1) is 25.6 Å². The third kappa shape index (κ3) is 3.42. The number of halogens is 1. The summed E-state index contributed by atoms with van der Waals surface area (Å²) in [5.74, 6) is 0.122. The third-order valence-electron chi connectivity index (χ3n) is 2.88. The van der Waals surface area contributed by atoms with Crippen LogP contribution in [-0.4, -0.2) is 20.1 Å². The largest absolute Gasteiger partial charge is 0.497 e. The first-order valence-electron chi connectivity index (χ1n) is 6.13. The van der Waals surface area contributed by atoms with Crippen LogP contribution in [0.1, 0.15) is 10.4 Å². The zero-order chi connectivity index (χ0) is 15.4. The number of nitrogens with one attached hydrogen (secondary N) is 1. The lowest BCUT2D eigenvalue weighted by atomic mass is 10.1. The Morgan fingerprint density at radius 2 is 1.71 bits per heavy atom. The van der Waals surface area contributed by atoms with Gasteiger partial charge in [0.2, 0.25) is 0 Å². The van der Waals surface area contributed by atoms with E-state index in [4.69, 9.17) is 15.2 Å². The maximum atomic E-state index is 13.0. The predicted molar refractivity (Wildman–Crippen MR) is 78.3 cm³/mol. The first-order valence-corrected chi connectivity index (χ1v) is 6.13. The SMILES string of the molecule is COc1cc(OC)cc(C(=O)Nc2ccc(F)cc2N)c1. The van der Waals surface area contributed by atoms with E-state index in [0.29, 0.717) is 22.7 Å². The van der Waals surface area contributed by atoms with Crippen molar-refractivity contribution < 1.29 is 18.7 Å². The van der Waals surface area contributed by atoms with Crippen LogP contribution in [0.15, 0.2) is 36.4 Å². The van der Waals surface area contributed by atoms with Gasteiger partial charge in [-0.15, -0.1) is 0 Å². The van der Waals surface area contributed by atoms with E-state index in [0.717, 1.165) is 6.07 Å². The molecule has 0 aliphatic carbocycles. The highest BCUT2D eigenvalue weighted by Crippen LogP contribution is 2.24. The molecule has 110 valence electrons. The molecule has 0 fully saturated rings. The quantitative estimate of drug-likeness (QED) is 0.849. The molecular formula is C15H15FN2O3. The highest BCUT2D eigenvalue weighted by atomic mass is 19.1. The number of carbonyl (C=O) groups is 1. The Morgan fingerprint density at radius 1 is 1.10 bits per heavy atom. The molecule has 0 spiro atoms. The van der Waals surface area contributed by atoms with E-state index < -0.39 is 11.7 Å². The molecule has 0 aliphatic heterocycles. The molecular weight excluding hydrogens is 275 g/mol. The minimum absolute atomic E-state index is 0.151. The second kappa shape index (κ2) is 6.13. The van der Waals surface area contributed by atoms with Gasteiger partial charge in [-0.25, -0.2) is 4.39 Å². The van der Waals surface area contributed by atoms with Crippen molar-refractivity contribution in [3.8, 4) is 11.5 Å². The second-order valence-electron chi connectivity index (χ2n) is 4.29. The maximum Gasteiger partial charge on any atom is 0.255 e. The zero-order valence-electron chi connectivity index (χ0n) is 11.6. The van der Waals surface area contributed by atoms with Crippen molar-refractivity contribution in [2.24, 2.45) is 0 Å². The smallest absolute Gasteiger partial charge is 0.255 e. The Hall–Kier alpha value is -2.76.